The van der Waals surface area contributed by atoms with E-state index < -0.39 is 6.04 Å². The van der Waals surface area contributed by atoms with Crippen molar-refractivity contribution in [3.63, 3.8) is 0 Å². The van der Waals surface area contributed by atoms with Gasteiger partial charge in [0.25, 0.3) is 5.91 Å². The highest BCUT2D eigenvalue weighted by Gasteiger charge is 2.32. The summed E-state index contributed by atoms with van der Waals surface area (Å²) in [6.07, 6.45) is 0.218. The van der Waals surface area contributed by atoms with Gasteiger partial charge in [-0.25, -0.2) is 0 Å². The molecule has 164 valence electrons. The molecule has 2 atom stereocenters. The van der Waals surface area contributed by atoms with E-state index in [0.29, 0.717) is 12.1 Å². The smallest absolute Gasteiger partial charge is 0.251 e. The average molecular weight is 428 g/mol. The van der Waals surface area contributed by atoms with Crippen LogP contribution in [0.15, 0.2) is 91.0 Å². The van der Waals surface area contributed by atoms with Crippen LogP contribution in [-0.4, -0.2) is 48.3 Å². The quantitative estimate of drug-likeness (QED) is 0.645. The number of rotatable bonds is 6. The van der Waals surface area contributed by atoms with Crippen LogP contribution >= 0.6 is 0 Å². The maximum absolute atomic E-state index is 13.5. The van der Waals surface area contributed by atoms with Crippen molar-refractivity contribution in [1.29, 1.82) is 0 Å². The van der Waals surface area contributed by atoms with Gasteiger partial charge < -0.3 is 15.1 Å². The molecule has 1 aliphatic heterocycles. The fourth-order valence-electron chi connectivity index (χ4n) is 4.24. The Morgan fingerprint density at radius 2 is 1.47 bits per heavy atom. The lowest BCUT2D eigenvalue weighted by Crippen LogP contribution is -2.50. The Labute approximate surface area is 189 Å². The molecule has 1 fully saturated rings. The first-order chi connectivity index (χ1) is 15.6. The first-order valence-electron chi connectivity index (χ1n) is 11.1. The van der Waals surface area contributed by atoms with Gasteiger partial charge in [-0.2, -0.15) is 0 Å². The molecule has 5 nitrogen and oxygen atoms in total. The normalized spacial score (nSPS) is 17.5. The maximum atomic E-state index is 13.5. The molecule has 3 aromatic rings. The number of hydrogen-bond donors (Lipinski definition) is 1. The third-order valence-corrected chi connectivity index (χ3v) is 6.01. The van der Waals surface area contributed by atoms with E-state index in [-0.39, 0.29) is 24.3 Å². The topological polar surface area (TPSA) is 52.6 Å². The summed E-state index contributed by atoms with van der Waals surface area (Å²) in [6, 6.07) is 28.6. The van der Waals surface area contributed by atoms with Crippen molar-refractivity contribution in [2.45, 2.75) is 18.5 Å². The maximum Gasteiger partial charge on any atom is 0.251 e. The van der Waals surface area contributed by atoms with E-state index in [4.69, 9.17) is 0 Å². The van der Waals surface area contributed by atoms with Crippen molar-refractivity contribution in [3.05, 3.63) is 108 Å². The Morgan fingerprint density at radius 3 is 2.12 bits per heavy atom. The lowest BCUT2D eigenvalue weighted by Gasteiger charge is -2.41. The Bertz CT molecular complexity index is 1020. The SMILES string of the molecule is CN1CCN(C(=O)C[C@H](NC(=O)c2ccccc2)c2ccccc2)[C@H](c2ccccc2)C1. The van der Waals surface area contributed by atoms with Gasteiger partial charge in [-0.05, 0) is 30.3 Å². The van der Waals surface area contributed by atoms with E-state index >= 15 is 0 Å². The minimum absolute atomic E-state index is 0.00342. The fraction of sp³-hybridized carbons (Fsp3) is 0.259. The molecular weight excluding hydrogens is 398 g/mol. The van der Waals surface area contributed by atoms with Crippen molar-refractivity contribution < 1.29 is 9.59 Å². The van der Waals surface area contributed by atoms with E-state index in [2.05, 4.69) is 29.4 Å². The lowest BCUT2D eigenvalue weighted by molar-refractivity contribution is -0.136. The molecule has 0 radical (unpaired) electrons. The molecule has 3 aromatic carbocycles. The van der Waals surface area contributed by atoms with Crippen molar-refractivity contribution in [3.8, 4) is 0 Å². The summed E-state index contributed by atoms with van der Waals surface area (Å²) in [5.74, 6) is -0.126. The second-order valence-corrected chi connectivity index (χ2v) is 8.28. The first kappa shape index (κ1) is 21.8. The van der Waals surface area contributed by atoms with Gasteiger partial charge in [0, 0.05) is 25.2 Å². The third-order valence-electron chi connectivity index (χ3n) is 6.01. The molecule has 5 heteroatoms. The van der Waals surface area contributed by atoms with E-state index in [1.807, 2.05) is 71.6 Å². The van der Waals surface area contributed by atoms with Gasteiger partial charge in [-0.3, -0.25) is 9.59 Å². The van der Waals surface area contributed by atoms with E-state index in [0.717, 1.165) is 24.2 Å². The highest BCUT2D eigenvalue weighted by molar-refractivity contribution is 5.94. The minimum atomic E-state index is -0.396. The predicted octanol–water partition coefficient (Wildman–Crippen LogP) is 4.06. The molecule has 2 amide bonds. The van der Waals surface area contributed by atoms with Crippen LogP contribution in [0.3, 0.4) is 0 Å². The molecule has 0 saturated carbocycles. The van der Waals surface area contributed by atoms with Crippen LogP contribution in [0.2, 0.25) is 0 Å². The molecule has 0 aromatic heterocycles. The highest BCUT2D eigenvalue weighted by atomic mass is 16.2. The Morgan fingerprint density at radius 1 is 0.875 bits per heavy atom. The van der Waals surface area contributed by atoms with Gasteiger partial charge in [0.15, 0.2) is 0 Å². The molecule has 1 saturated heterocycles. The van der Waals surface area contributed by atoms with Crippen LogP contribution < -0.4 is 5.32 Å². The summed E-state index contributed by atoms with van der Waals surface area (Å²) in [4.78, 5) is 30.6. The summed E-state index contributed by atoms with van der Waals surface area (Å²) < 4.78 is 0. The molecule has 1 heterocycles. The van der Waals surface area contributed by atoms with Gasteiger partial charge in [-0.1, -0.05) is 78.9 Å². The zero-order chi connectivity index (χ0) is 22.3. The van der Waals surface area contributed by atoms with Crippen LogP contribution in [0.4, 0.5) is 0 Å². The molecule has 0 unspecified atom stereocenters. The number of piperazine rings is 1. The van der Waals surface area contributed by atoms with Crippen LogP contribution in [0, 0.1) is 0 Å². The second-order valence-electron chi connectivity index (χ2n) is 8.28. The number of nitrogens with zero attached hydrogens (tertiary/aromatic N) is 2. The molecule has 32 heavy (non-hydrogen) atoms. The number of carbonyl (C=O) groups is 2. The van der Waals surface area contributed by atoms with Crippen molar-refractivity contribution >= 4 is 11.8 Å². The Balaban J connectivity index is 1.55. The third kappa shape index (κ3) is 5.24. The van der Waals surface area contributed by atoms with Gasteiger partial charge >= 0.3 is 0 Å². The summed E-state index contributed by atoms with van der Waals surface area (Å²) in [5.41, 5.74) is 2.65. The fourth-order valence-corrected chi connectivity index (χ4v) is 4.24. The van der Waals surface area contributed by atoms with Gasteiger partial charge in [0.05, 0.1) is 18.5 Å². The average Bonchev–Trinajstić information content (AvgIpc) is 2.85. The largest absolute Gasteiger partial charge is 0.345 e. The van der Waals surface area contributed by atoms with Crippen molar-refractivity contribution in [2.24, 2.45) is 0 Å². The summed E-state index contributed by atoms with van der Waals surface area (Å²) in [7, 11) is 2.09. The first-order valence-corrected chi connectivity index (χ1v) is 11.1. The molecule has 4 rings (SSSR count). The highest BCUT2D eigenvalue weighted by Crippen LogP contribution is 2.28. The monoisotopic (exact) mass is 427 g/mol. The van der Waals surface area contributed by atoms with E-state index in [1.165, 1.54) is 0 Å². The van der Waals surface area contributed by atoms with Crippen LogP contribution in [0.1, 0.15) is 40.0 Å². The summed E-state index contributed by atoms with van der Waals surface area (Å²) in [5, 5.41) is 3.09. The molecule has 0 bridgehead atoms. The zero-order valence-corrected chi connectivity index (χ0v) is 18.4. The molecule has 1 N–H and O–H groups in total. The van der Waals surface area contributed by atoms with E-state index in [9.17, 15) is 9.59 Å². The summed E-state index contributed by atoms with van der Waals surface area (Å²) in [6.45, 7) is 2.30. The number of benzene rings is 3. The molecular formula is C27H29N3O2. The van der Waals surface area contributed by atoms with Crippen molar-refractivity contribution in [2.75, 3.05) is 26.7 Å². The van der Waals surface area contributed by atoms with Gasteiger partial charge in [0.1, 0.15) is 0 Å². The van der Waals surface area contributed by atoms with Crippen LogP contribution in [0.25, 0.3) is 0 Å². The number of likely N-dealkylation sites (N-methyl/N-ethyl adjacent to an activating group) is 1. The Kier molecular flexibility index (Phi) is 6.97. The number of amides is 2. The van der Waals surface area contributed by atoms with Gasteiger partial charge in [-0.15, -0.1) is 0 Å². The zero-order valence-electron chi connectivity index (χ0n) is 18.4. The standard InChI is InChI=1S/C27H29N3O2/c1-29-17-18-30(25(20-29)22-13-7-3-8-14-22)26(31)19-24(21-11-5-2-6-12-21)28-27(32)23-15-9-4-10-16-23/h2-16,24-25H,17-20H2,1H3,(H,28,32)/t24-,25-/m0/s1. The molecule has 0 aliphatic carbocycles. The predicted molar refractivity (Wildman–Crippen MR) is 126 cm³/mol. The lowest BCUT2D eigenvalue weighted by atomic mass is 9.99. The second kappa shape index (κ2) is 10.2. The summed E-state index contributed by atoms with van der Waals surface area (Å²) >= 11 is 0. The molecule has 1 aliphatic rings. The number of hydrogen-bond acceptors (Lipinski definition) is 3. The number of nitrogens with one attached hydrogen (secondary N) is 1. The Hall–Kier alpha value is -3.44. The molecule has 0 spiro atoms. The number of carbonyl (C=O) groups excluding carboxylic acids is 2. The van der Waals surface area contributed by atoms with Crippen LogP contribution in [0.5, 0.6) is 0 Å². The van der Waals surface area contributed by atoms with E-state index in [1.54, 1.807) is 12.1 Å². The van der Waals surface area contributed by atoms with Crippen LogP contribution in [-0.2, 0) is 4.79 Å². The van der Waals surface area contributed by atoms with Gasteiger partial charge in [0.2, 0.25) is 5.91 Å². The van der Waals surface area contributed by atoms with Crippen molar-refractivity contribution in [1.82, 2.24) is 15.1 Å². The minimum Gasteiger partial charge on any atom is -0.345 e.